The maximum atomic E-state index is 10.9. The third kappa shape index (κ3) is 4.19. The van der Waals surface area contributed by atoms with E-state index in [1.165, 1.54) is 0 Å². The summed E-state index contributed by atoms with van der Waals surface area (Å²) in [6, 6.07) is 0.241. The van der Waals surface area contributed by atoms with Gasteiger partial charge in [-0.05, 0) is 26.7 Å². The molecule has 0 fully saturated rings. The van der Waals surface area contributed by atoms with E-state index in [4.69, 9.17) is 11.6 Å². The second kappa shape index (κ2) is 7.22. The molecule has 1 amide bonds. The van der Waals surface area contributed by atoms with Crippen molar-refractivity contribution in [1.29, 1.82) is 0 Å². The molecule has 0 aliphatic rings. The van der Waals surface area contributed by atoms with Crippen molar-refractivity contribution in [3.63, 3.8) is 0 Å². The number of carbonyl (C=O) groups excluding carboxylic acids is 1. The van der Waals surface area contributed by atoms with E-state index < -0.39 is 0 Å². The smallest absolute Gasteiger partial charge is 0.233 e. The number of nitrogens with zero attached hydrogens (tertiary/aromatic N) is 3. The Kier molecular flexibility index (Phi) is 5.93. The predicted octanol–water partition coefficient (Wildman–Crippen LogP) is 0.694. The van der Waals surface area contributed by atoms with Crippen LogP contribution in [0.3, 0.4) is 0 Å². The number of thioether (sulfide) groups is 1. The first-order chi connectivity index (χ1) is 8.56. The maximum absolute atomic E-state index is 10.9. The molecule has 1 aromatic heterocycles. The summed E-state index contributed by atoms with van der Waals surface area (Å²) in [5.41, 5.74) is 7.85. The molecule has 0 aromatic carbocycles. The number of hydrogen-bond acceptors (Lipinski definition) is 6. The lowest BCUT2D eigenvalue weighted by atomic mass is 10.2. The minimum atomic E-state index is -0.130. The number of nitrogens with two attached hydrogens (primary N) is 2. The summed E-state index contributed by atoms with van der Waals surface area (Å²) in [6.45, 7) is 4.07. The number of nitrogens with one attached hydrogen (secondary N) is 1. The Labute approximate surface area is 111 Å². The van der Waals surface area contributed by atoms with Crippen LogP contribution in [0, 0.1) is 0 Å². The zero-order chi connectivity index (χ0) is 13.5. The Morgan fingerprint density at radius 1 is 1.44 bits per heavy atom. The van der Waals surface area contributed by atoms with Gasteiger partial charge in [-0.2, -0.15) is 0 Å². The van der Waals surface area contributed by atoms with Crippen LogP contribution in [-0.2, 0) is 4.79 Å². The highest BCUT2D eigenvalue weighted by Gasteiger charge is 2.12. The summed E-state index contributed by atoms with van der Waals surface area (Å²) in [5, 5.41) is 8.73. The highest BCUT2D eigenvalue weighted by Crippen LogP contribution is 2.23. The first-order valence-electron chi connectivity index (χ1n) is 5.89. The van der Waals surface area contributed by atoms with Gasteiger partial charge in [-0.25, -0.2) is 5.84 Å². The molecular weight excluding hydrogens is 252 g/mol. The zero-order valence-electron chi connectivity index (χ0n) is 10.7. The Morgan fingerprint density at radius 2 is 2.17 bits per heavy atom. The van der Waals surface area contributed by atoms with Gasteiger partial charge in [0.15, 0.2) is 5.16 Å². The highest BCUT2D eigenvalue weighted by molar-refractivity contribution is 7.99. The fraction of sp³-hybridized carbons (Fsp3) is 0.700. The van der Waals surface area contributed by atoms with E-state index in [1.54, 1.807) is 11.8 Å². The van der Waals surface area contributed by atoms with E-state index in [0.717, 1.165) is 23.8 Å². The molecule has 0 atom stereocenters. The molecule has 8 heteroatoms. The van der Waals surface area contributed by atoms with E-state index in [0.29, 0.717) is 12.4 Å². The third-order valence-electron chi connectivity index (χ3n) is 2.40. The summed E-state index contributed by atoms with van der Waals surface area (Å²) in [5.74, 6) is 6.18. The molecule has 0 saturated heterocycles. The van der Waals surface area contributed by atoms with Gasteiger partial charge in [0.1, 0.15) is 0 Å². The lowest BCUT2D eigenvalue weighted by molar-refractivity contribution is -0.121. The van der Waals surface area contributed by atoms with Crippen LogP contribution in [-0.4, -0.2) is 26.4 Å². The summed E-state index contributed by atoms with van der Waals surface area (Å²) in [6.07, 6.45) is 2.18. The second-order valence-corrected chi connectivity index (χ2v) is 5.24. The number of rotatable bonds is 7. The molecule has 7 nitrogen and oxygen atoms in total. The lowest BCUT2D eigenvalue weighted by Gasteiger charge is -2.10. The van der Waals surface area contributed by atoms with Crippen LogP contribution in [0.15, 0.2) is 5.16 Å². The molecule has 1 rings (SSSR count). The fourth-order valence-electron chi connectivity index (χ4n) is 1.50. The number of unbranched alkanes of at least 4 members (excludes halogenated alkanes) is 1. The zero-order valence-corrected chi connectivity index (χ0v) is 11.5. The van der Waals surface area contributed by atoms with Crippen LogP contribution in [0.1, 0.15) is 39.2 Å². The molecule has 5 N–H and O–H groups in total. The number of hydrazine groups is 1. The summed E-state index contributed by atoms with van der Waals surface area (Å²) < 4.78 is 1.90. The van der Waals surface area contributed by atoms with Gasteiger partial charge >= 0.3 is 0 Å². The van der Waals surface area contributed by atoms with Gasteiger partial charge in [0, 0.05) is 18.2 Å². The molecule has 0 aliphatic carbocycles. The second-order valence-electron chi connectivity index (χ2n) is 4.18. The lowest BCUT2D eigenvalue weighted by Crippen LogP contribution is -2.29. The molecule has 0 bridgehead atoms. The first kappa shape index (κ1) is 14.8. The fourth-order valence-corrected chi connectivity index (χ4v) is 2.57. The van der Waals surface area contributed by atoms with Crippen LogP contribution < -0.4 is 17.0 Å². The topological polar surface area (TPSA) is 112 Å². The van der Waals surface area contributed by atoms with Gasteiger partial charge in [0.05, 0.1) is 0 Å². The molecule has 102 valence electrons. The molecule has 18 heavy (non-hydrogen) atoms. The van der Waals surface area contributed by atoms with Gasteiger partial charge in [-0.1, -0.05) is 11.8 Å². The molecular formula is C10H20N6OS. The van der Waals surface area contributed by atoms with Crippen LogP contribution in [0.5, 0.6) is 0 Å². The van der Waals surface area contributed by atoms with E-state index in [9.17, 15) is 4.79 Å². The molecule has 0 spiro atoms. The van der Waals surface area contributed by atoms with Crippen molar-refractivity contribution in [2.45, 2.75) is 44.3 Å². The van der Waals surface area contributed by atoms with E-state index >= 15 is 0 Å². The number of amides is 1. The van der Waals surface area contributed by atoms with Crippen molar-refractivity contribution >= 4 is 23.6 Å². The van der Waals surface area contributed by atoms with Crippen molar-refractivity contribution in [1.82, 2.24) is 20.2 Å². The number of hydrogen-bond donors (Lipinski definition) is 3. The minimum Gasteiger partial charge on any atom is -0.368 e. The average molecular weight is 272 g/mol. The van der Waals surface area contributed by atoms with E-state index in [-0.39, 0.29) is 11.9 Å². The van der Waals surface area contributed by atoms with Gasteiger partial charge in [-0.15, -0.1) is 10.2 Å². The number of anilines is 1. The molecule has 1 aromatic rings. The van der Waals surface area contributed by atoms with Crippen molar-refractivity contribution in [3.05, 3.63) is 0 Å². The monoisotopic (exact) mass is 272 g/mol. The van der Waals surface area contributed by atoms with Crippen molar-refractivity contribution in [2.24, 2.45) is 5.84 Å². The molecule has 0 unspecified atom stereocenters. The van der Waals surface area contributed by atoms with Gasteiger partial charge < -0.3 is 5.73 Å². The van der Waals surface area contributed by atoms with Gasteiger partial charge in [-0.3, -0.25) is 14.8 Å². The van der Waals surface area contributed by atoms with E-state index in [2.05, 4.69) is 15.6 Å². The Hall–Kier alpha value is -1.28. The number of carbonyl (C=O) groups is 1. The molecule has 0 radical (unpaired) electrons. The van der Waals surface area contributed by atoms with Crippen molar-refractivity contribution in [2.75, 3.05) is 11.5 Å². The Morgan fingerprint density at radius 3 is 2.78 bits per heavy atom. The SMILES string of the molecule is CC(C)n1c(N)nnc1SCCCCC(=O)NN. The van der Waals surface area contributed by atoms with Crippen LogP contribution >= 0.6 is 11.8 Å². The number of aromatic nitrogens is 3. The van der Waals surface area contributed by atoms with Gasteiger partial charge in [0.25, 0.3) is 0 Å². The normalized spacial score (nSPS) is 10.9. The van der Waals surface area contributed by atoms with Crippen LogP contribution in [0.4, 0.5) is 5.95 Å². The number of nitrogen functional groups attached to an aromatic ring is 1. The van der Waals surface area contributed by atoms with Gasteiger partial charge in [0.2, 0.25) is 11.9 Å². The average Bonchev–Trinajstić information content (AvgIpc) is 2.69. The summed E-state index contributed by atoms with van der Waals surface area (Å²) >= 11 is 1.60. The molecule has 0 aliphatic heterocycles. The standard InChI is InChI=1S/C10H20N6OS/c1-7(2)16-9(11)14-15-10(16)18-6-4-3-5-8(17)13-12/h7H,3-6,12H2,1-2H3,(H2,11,14)(H,13,17). The van der Waals surface area contributed by atoms with Crippen molar-refractivity contribution in [3.8, 4) is 0 Å². The third-order valence-corrected chi connectivity index (χ3v) is 3.43. The highest BCUT2D eigenvalue weighted by atomic mass is 32.2. The van der Waals surface area contributed by atoms with Crippen molar-refractivity contribution < 1.29 is 4.79 Å². The summed E-state index contributed by atoms with van der Waals surface area (Å²) in [7, 11) is 0. The largest absolute Gasteiger partial charge is 0.368 e. The maximum Gasteiger partial charge on any atom is 0.233 e. The van der Waals surface area contributed by atoms with Crippen LogP contribution in [0.25, 0.3) is 0 Å². The molecule has 1 heterocycles. The van der Waals surface area contributed by atoms with Crippen LogP contribution in [0.2, 0.25) is 0 Å². The summed E-state index contributed by atoms with van der Waals surface area (Å²) in [4.78, 5) is 10.9. The predicted molar refractivity (Wildman–Crippen MR) is 71.7 cm³/mol. The minimum absolute atomic E-state index is 0.130. The van der Waals surface area contributed by atoms with E-state index in [1.807, 2.05) is 18.4 Å². The Balaban J connectivity index is 2.34. The molecule has 0 saturated carbocycles. The Bertz CT molecular complexity index is 392. The first-order valence-corrected chi connectivity index (χ1v) is 6.87. The quantitative estimate of drug-likeness (QED) is 0.221.